The van der Waals surface area contributed by atoms with E-state index in [0.29, 0.717) is 0 Å². The summed E-state index contributed by atoms with van der Waals surface area (Å²) in [5, 5.41) is 2.25. The molecule has 0 N–H and O–H groups in total. The molecule has 1 aliphatic rings. The summed E-state index contributed by atoms with van der Waals surface area (Å²) in [5.74, 6) is 0. The molecule has 0 bridgehead atoms. The van der Waals surface area contributed by atoms with Crippen molar-refractivity contribution in [3.63, 3.8) is 0 Å². The number of benzene rings is 6. The second-order valence-electron chi connectivity index (χ2n) is 11.7. The van der Waals surface area contributed by atoms with Gasteiger partial charge in [0.15, 0.2) is 0 Å². The fraction of sp³-hybridized carbons (Fsp3) is 0. The zero-order valence-electron chi connectivity index (χ0n) is 25.0. The normalized spacial score (nSPS) is 12.7. The Kier molecular flexibility index (Phi) is 6.20. The Labute approximate surface area is 267 Å². The van der Waals surface area contributed by atoms with Crippen molar-refractivity contribution in [2.24, 2.45) is 0 Å². The van der Waals surface area contributed by atoms with Crippen molar-refractivity contribution in [3.05, 3.63) is 170 Å². The van der Waals surface area contributed by atoms with Gasteiger partial charge in [-0.25, -0.2) is 0 Å². The van der Waals surface area contributed by atoms with Gasteiger partial charge in [-0.05, 0) is 82.3 Å². The van der Waals surface area contributed by atoms with Crippen molar-refractivity contribution in [1.29, 1.82) is 0 Å². The minimum Gasteiger partial charge on any atom is -0.456 e. The zero-order valence-corrected chi connectivity index (χ0v) is 25.0. The van der Waals surface area contributed by atoms with Gasteiger partial charge in [0.1, 0.15) is 11.2 Å². The van der Waals surface area contributed by atoms with Crippen LogP contribution in [0.15, 0.2) is 175 Å². The minimum atomic E-state index is -0.137. The van der Waals surface area contributed by atoms with Gasteiger partial charge in [0.2, 0.25) is 0 Å². The SMILES string of the molecule is c1ccc(-c2ccc(N3B(c4ccc5oc6ccccc6c5c4)N(c4ccc(-c5cccnc5)cc4)c4ccccc43)cc2)cc1. The lowest BCUT2D eigenvalue weighted by molar-refractivity contribution is 0.669. The number of rotatable bonds is 5. The molecule has 9 rings (SSSR count). The van der Waals surface area contributed by atoms with Crippen molar-refractivity contribution in [3.8, 4) is 22.3 Å². The molecule has 1 aliphatic heterocycles. The van der Waals surface area contributed by atoms with Crippen LogP contribution >= 0.6 is 0 Å². The number of fused-ring (bicyclic) bond motifs is 4. The summed E-state index contributed by atoms with van der Waals surface area (Å²) in [7, 11) is 0. The zero-order chi connectivity index (χ0) is 30.5. The van der Waals surface area contributed by atoms with Crippen LogP contribution < -0.4 is 15.1 Å². The Bertz CT molecular complexity index is 2210. The third-order valence-electron chi connectivity index (χ3n) is 8.98. The fourth-order valence-electron chi connectivity index (χ4n) is 6.81. The van der Waals surface area contributed by atoms with Crippen LogP contribution in [0.4, 0.5) is 22.7 Å². The molecule has 0 saturated carbocycles. The molecule has 0 amide bonds. The Morgan fingerprint density at radius 3 is 1.70 bits per heavy atom. The summed E-state index contributed by atoms with van der Waals surface area (Å²) in [6, 6.07) is 56.0. The molecule has 0 unspecified atom stereocenters. The number of furan rings is 1. The Hall–Kier alpha value is -6.07. The van der Waals surface area contributed by atoms with Crippen molar-refractivity contribution in [2.75, 3.05) is 9.62 Å². The highest BCUT2D eigenvalue weighted by Crippen LogP contribution is 2.46. The molecular formula is C41H28BN3O. The molecule has 2 aromatic heterocycles. The molecule has 3 heterocycles. The van der Waals surface area contributed by atoms with E-state index in [0.717, 1.165) is 55.8 Å². The first kappa shape index (κ1) is 26.3. The van der Waals surface area contributed by atoms with Crippen LogP contribution in [0, 0.1) is 0 Å². The van der Waals surface area contributed by atoms with Crippen LogP contribution in [-0.4, -0.2) is 12.0 Å². The Morgan fingerprint density at radius 2 is 1.02 bits per heavy atom. The third kappa shape index (κ3) is 4.36. The Balaban J connectivity index is 1.22. The van der Waals surface area contributed by atoms with E-state index >= 15 is 0 Å². The maximum absolute atomic E-state index is 6.23. The van der Waals surface area contributed by atoms with E-state index in [2.05, 4.69) is 154 Å². The number of hydrogen-bond acceptors (Lipinski definition) is 4. The summed E-state index contributed by atoms with van der Waals surface area (Å²) in [6.07, 6.45) is 3.72. The van der Waals surface area contributed by atoms with Gasteiger partial charge in [-0.15, -0.1) is 0 Å². The van der Waals surface area contributed by atoms with Gasteiger partial charge in [0.05, 0.1) is 11.4 Å². The van der Waals surface area contributed by atoms with Gasteiger partial charge in [-0.1, -0.05) is 103 Å². The minimum absolute atomic E-state index is 0.137. The van der Waals surface area contributed by atoms with Crippen LogP contribution in [0.25, 0.3) is 44.2 Å². The smallest absolute Gasteiger partial charge is 0.420 e. The second-order valence-corrected chi connectivity index (χ2v) is 11.7. The lowest BCUT2D eigenvalue weighted by atomic mass is 9.64. The standard InChI is InChI=1S/C41H28BN3O/c1-2-9-29(10-3-1)30-16-21-34(22-17-30)44-38-13-5-6-14-39(38)45(35-23-18-31(19-24-35)32-11-8-26-43-28-32)42(44)33-20-25-41-37(27-33)36-12-4-7-15-40(36)46-41/h1-28H. The molecule has 5 heteroatoms. The number of aromatic nitrogens is 1. The fourth-order valence-corrected chi connectivity index (χ4v) is 6.81. The lowest BCUT2D eigenvalue weighted by Crippen LogP contribution is -2.53. The van der Waals surface area contributed by atoms with Crippen molar-refractivity contribution in [2.45, 2.75) is 0 Å². The lowest BCUT2D eigenvalue weighted by Gasteiger charge is -2.30. The van der Waals surface area contributed by atoms with Crippen LogP contribution in [0.1, 0.15) is 0 Å². The molecule has 0 fully saturated rings. The molecule has 4 nitrogen and oxygen atoms in total. The monoisotopic (exact) mass is 589 g/mol. The number of hydrogen-bond donors (Lipinski definition) is 0. The molecule has 46 heavy (non-hydrogen) atoms. The van der Waals surface area contributed by atoms with Crippen molar-refractivity contribution >= 4 is 57.1 Å². The molecule has 6 aromatic carbocycles. The third-order valence-corrected chi connectivity index (χ3v) is 8.98. The molecule has 8 aromatic rings. The molecule has 216 valence electrons. The van der Waals surface area contributed by atoms with Gasteiger partial charge in [0.25, 0.3) is 0 Å². The molecule has 0 radical (unpaired) electrons. The van der Waals surface area contributed by atoms with Gasteiger partial charge in [-0.2, -0.15) is 0 Å². The van der Waals surface area contributed by atoms with Crippen LogP contribution in [0.5, 0.6) is 0 Å². The average Bonchev–Trinajstić information content (AvgIpc) is 3.68. The van der Waals surface area contributed by atoms with Gasteiger partial charge in [-0.3, -0.25) is 4.98 Å². The van der Waals surface area contributed by atoms with Crippen molar-refractivity contribution < 1.29 is 4.42 Å². The van der Waals surface area contributed by atoms with Crippen LogP contribution in [-0.2, 0) is 0 Å². The second kappa shape index (κ2) is 10.8. The van der Waals surface area contributed by atoms with E-state index in [-0.39, 0.29) is 6.98 Å². The molecule has 0 saturated heterocycles. The summed E-state index contributed by atoms with van der Waals surface area (Å²) >= 11 is 0. The summed E-state index contributed by atoms with van der Waals surface area (Å²) < 4.78 is 6.23. The largest absolute Gasteiger partial charge is 0.456 e. The molecule has 0 spiro atoms. The number of anilines is 4. The highest BCUT2D eigenvalue weighted by atomic mass is 16.3. The summed E-state index contributed by atoms with van der Waals surface area (Å²) in [5.41, 5.74) is 12.2. The van der Waals surface area contributed by atoms with E-state index in [1.807, 2.05) is 30.6 Å². The predicted octanol–water partition coefficient (Wildman–Crippen LogP) is 10.0. The van der Waals surface area contributed by atoms with E-state index in [1.54, 1.807) is 0 Å². The van der Waals surface area contributed by atoms with Crippen LogP contribution in [0.3, 0.4) is 0 Å². The van der Waals surface area contributed by atoms with Gasteiger partial charge in [0, 0.05) is 34.5 Å². The summed E-state index contributed by atoms with van der Waals surface area (Å²) in [4.78, 5) is 9.24. The first-order valence-electron chi connectivity index (χ1n) is 15.6. The van der Waals surface area contributed by atoms with E-state index in [9.17, 15) is 0 Å². The average molecular weight is 590 g/mol. The molecule has 0 aliphatic carbocycles. The van der Waals surface area contributed by atoms with Gasteiger partial charge < -0.3 is 14.0 Å². The highest BCUT2D eigenvalue weighted by Gasteiger charge is 2.43. The first-order valence-corrected chi connectivity index (χ1v) is 15.6. The van der Waals surface area contributed by atoms with Gasteiger partial charge >= 0.3 is 6.98 Å². The predicted molar refractivity (Wildman–Crippen MR) is 191 cm³/mol. The van der Waals surface area contributed by atoms with E-state index in [4.69, 9.17) is 4.42 Å². The molecular weight excluding hydrogens is 561 g/mol. The summed E-state index contributed by atoms with van der Waals surface area (Å²) in [6.45, 7) is -0.137. The van der Waals surface area contributed by atoms with E-state index < -0.39 is 0 Å². The topological polar surface area (TPSA) is 32.5 Å². The number of para-hydroxylation sites is 3. The van der Waals surface area contributed by atoms with Crippen LogP contribution in [0.2, 0.25) is 0 Å². The Morgan fingerprint density at radius 1 is 0.457 bits per heavy atom. The molecule has 0 atom stereocenters. The van der Waals surface area contributed by atoms with E-state index in [1.165, 1.54) is 16.6 Å². The maximum Gasteiger partial charge on any atom is 0.420 e. The maximum atomic E-state index is 6.23. The van der Waals surface area contributed by atoms with Crippen molar-refractivity contribution in [1.82, 2.24) is 4.98 Å². The highest BCUT2D eigenvalue weighted by molar-refractivity contribution is 6.84. The number of pyridine rings is 1. The number of nitrogens with zero attached hydrogens (tertiary/aromatic N) is 3. The first-order chi connectivity index (χ1) is 22.8. The quantitative estimate of drug-likeness (QED) is 0.187.